The number of hydrogen-bond donors (Lipinski definition) is 3. The van der Waals surface area contributed by atoms with Crippen LogP contribution in [0.1, 0.15) is 19.5 Å². The minimum Gasteiger partial charge on any atom is -0.368 e. The van der Waals surface area contributed by atoms with Crippen molar-refractivity contribution < 1.29 is 0 Å². The second-order valence-corrected chi connectivity index (χ2v) is 6.56. The molecule has 0 saturated carbocycles. The van der Waals surface area contributed by atoms with Gasteiger partial charge in [0, 0.05) is 35.5 Å². The molecule has 0 amide bonds. The smallest absolute Gasteiger partial charge is 0.140 e. The highest BCUT2D eigenvalue weighted by molar-refractivity contribution is 5.94. The number of aromatic amines is 1. The lowest BCUT2D eigenvalue weighted by Gasteiger charge is -2.11. The van der Waals surface area contributed by atoms with E-state index >= 15 is 0 Å². The third-order valence-corrected chi connectivity index (χ3v) is 4.09. The van der Waals surface area contributed by atoms with Crippen molar-refractivity contribution in [2.45, 2.75) is 26.4 Å². The van der Waals surface area contributed by atoms with E-state index in [9.17, 15) is 0 Å². The summed E-state index contributed by atoms with van der Waals surface area (Å²) in [6.45, 7) is 4.76. The highest BCUT2D eigenvalue weighted by Gasteiger charge is 2.11. The number of nitrogens with zero attached hydrogens (tertiary/aromatic N) is 4. The molecule has 7 nitrogen and oxygen atoms in total. The number of aromatic nitrogens is 5. The largest absolute Gasteiger partial charge is 0.368 e. The minimum atomic E-state index is 0.299. The minimum absolute atomic E-state index is 0.299. The van der Waals surface area contributed by atoms with Crippen molar-refractivity contribution in [2.75, 3.05) is 10.6 Å². The predicted molar refractivity (Wildman–Crippen MR) is 107 cm³/mol. The molecule has 4 aromatic heterocycles. The first-order valence-electron chi connectivity index (χ1n) is 8.90. The average molecular weight is 359 g/mol. The topological polar surface area (TPSA) is 91.4 Å². The van der Waals surface area contributed by atoms with Crippen LogP contribution in [0.2, 0.25) is 0 Å². The van der Waals surface area contributed by atoms with Gasteiger partial charge in [-0.1, -0.05) is 6.07 Å². The molecule has 4 rings (SSSR count). The third kappa shape index (κ3) is 3.87. The summed E-state index contributed by atoms with van der Waals surface area (Å²) in [4.78, 5) is 21.0. The van der Waals surface area contributed by atoms with Crippen LogP contribution in [0, 0.1) is 0 Å². The Balaban J connectivity index is 1.69. The summed E-state index contributed by atoms with van der Waals surface area (Å²) in [7, 11) is 0. The number of nitrogens with one attached hydrogen (secondary N) is 3. The van der Waals surface area contributed by atoms with Crippen LogP contribution in [0.3, 0.4) is 0 Å². The summed E-state index contributed by atoms with van der Waals surface area (Å²) in [5.41, 5.74) is 3.62. The molecule has 4 heterocycles. The van der Waals surface area contributed by atoms with Gasteiger partial charge in [-0.05, 0) is 38.1 Å². The van der Waals surface area contributed by atoms with Crippen molar-refractivity contribution in [2.24, 2.45) is 0 Å². The van der Waals surface area contributed by atoms with Gasteiger partial charge in [0.25, 0.3) is 0 Å². The quantitative estimate of drug-likeness (QED) is 0.484. The molecule has 136 valence electrons. The number of H-pyrrole nitrogens is 1. The SMILES string of the molecule is CC(C)Nc1cc(-c2cc(NCc3ccccn3)nc3[nH]ccc23)ncn1. The maximum Gasteiger partial charge on any atom is 0.140 e. The van der Waals surface area contributed by atoms with E-state index in [0.717, 1.165) is 39.6 Å². The Labute approximate surface area is 157 Å². The summed E-state index contributed by atoms with van der Waals surface area (Å²) in [5.74, 6) is 1.57. The molecule has 0 fully saturated rings. The molecule has 0 aliphatic rings. The first kappa shape index (κ1) is 17.0. The molecule has 0 unspecified atom stereocenters. The van der Waals surface area contributed by atoms with Gasteiger partial charge < -0.3 is 15.6 Å². The van der Waals surface area contributed by atoms with Crippen molar-refractivity contribution in [3.63, 3.8) is 0 Å². The van der Waals surface area contributed by atoms with Crippen LogP contribution in [0.25, 0.3) is 22.3 Å². The van der Waals surface area contributed by atoms with Crippen molar-refractivity contribution in [1.29, 1.82) is 0 Å². The van der Waals surface area contributed by atoms with Crippen molar-refractivity contribution in [3.05, 3.63) is 60.8 Å². The van der Waals surface area contributed by atoms with Gasteiger partial charge in [-0.3, -0.25) is 4.98 Å². The summed E-state index contributed by atoms with van der Waals surface area (Å²) < 4.78 is 0. The third-order valence-electron chi connectivity index (χ3n) is 4.09. The van der Waals surface area contributed by atoms with E-state index in [-0.39, 0.29) is 0 Å². The lowest BCUT2D eigenvalue weighted by molar-refractivity contribution is 0.886. The second-order valence-electron chi connectivity index (χ2n) is 6.56. The van der Waals surface area contributed by atoms with Crippen LogP contribution in [0.15, 0.2) is 55.1 Å². The number of fused-ring (bicyclic) bond motifs is 1. The van der Waals surface area contributed by atoms with Crippen LogP contribution >= 0.6 is 0 Å². The number of anilines is 2. The highest BCUT2D eigenvalue weighted by Crippen LogP contribution is 2.29. The fraction of sp³-hybridized carbons (Fsp3) is 0.200. The van der Waals surface area contributed by atoms with Gasteiger partial charge in [-0.15, -0.1) is 0 Å². The molecule has 0 spiro atoms. The van der Waals surface area contributed by atoms with E-state index in [1.807, 2.05) is 42.6 Å². The summed E-state index contributed by atoms with van der Waals surface area (Å²) in [5, 5.41) is 7.69. The Kier molecular flexibility index (Phi) is 4.65. The predicted octanol–water partition coefficient (Wildman–Crippen LogP) is 3.85. The summed E-state index contributed by atoms with van der Waals surface area (Å²) in [6.07, 6.45) is 5.26. The van der Waals surface area contributed by atoms with E-state index < -0.39 is 0 Å². The molecule has 0 bridgehead atoms. The van der Waals surface area contributed by atoms with E-state index in [1.54, 1.807) is 12.5 Å². The molecule has 0 aromatic carbocycles. The van der Waals surface area contributed by atoms with Crippen molar-refractivity contribution in [3.8, 4) is 11.3 Å². The van der Waals surface area contributed by atoms with Crippen LogP contribution in [-0.2, 0) is 6.54 Å². The summed E-state index contributed by atoms with van der Waals surface area (Å²) in [6, 6.07) is 12.1. The van der Waals surface area contributed by atoms with Crippen LogP contribution in [0.4, 0.5) is 11.6 Å². The van der Waals surface area contributed by atoms with Gasteiger partial charge in [0.2, 0.25) is 0 Å². The van der Waals surface area contributed by atoms with Crippen molar-refractivity contribution >= 4 is 22.7 Å². The van der Waals surface area contributed by atoms with E-state index in [4.69, 9.17) is 0 Å². The average Bonchev–Trinajstić information content (AvgIpc) is 3.15. The van der Waals surface area contributed by atoms with E-state index in [1.165, 1.54) is 0 Å². The molecule has 0 aliphatic carbocycles. The molecule has 4 aromatic rings. The Morgan fingerprint density at radius 1 is 1.04 bits per heavy atom. The maximum absolute atomic E-state index is 4.65. The molecule has 3 N–H and O–H groups in total. The molecular weight excluding hydrogens is 338 g/mol. The Morgan fingerprint density at radius 2 is 1.96 bits per heavy atom. The zero-order valence-corrected chi connectivity index (χ0v) is 15.3. The van der Waals surface area contributed by atoms with E-state index in [0.29, 0.717) is 12.6 Å². The maximum atomic E-state index is 4.65. The van der Waals surface area contributed by atoms with Gasteiger partial charge in [0.05, 0.1) is 17.9 Å². The van der Waals surface area contributed by atoms with Gasteiger partial charge >= 0.3 is 0 Å². The lowest BCUT2D eigenvalue weighted by Crippen LogP contribution is -2.11. The molecule has 0 saturated heterocycles. The molecule has 0 atom stereocenters. The molecule has 0 radical (unpaired) electrons. The second kappa shape index (κ2) is 7.41. The zero-order chi connectivity index (χ0) is 18.6. The Hall–Kier alpha value is -3.48. The number of rotatable bonds is 6. The first-order chi connectivity index (χ1) is 13.2. The number of pyridine rings is 2. The Morgan fingerprint density at radius 3 is 2.78 bits per heavy atom. The van der Waals surface area contributed by atoms with Gasteiger partial charge in [0.1, 0.15) is 23.6 Å². The monoisotopic (exact) mass is 359 g/mol. The Bertz CT molecular complexity index is 1040. The van der Waals surface area contributed by atoms with Crippen LogP contribution in [0.5, 0.6) is 0 Å². The fourth-order valence-corrected chi connectivity index (χ4v) is 2.90. The highest BCUT2D eigenvalue weighted by atomic mass is 15.0. The molecule has 27 heavy (non-hydrogen) atoms. The summed E-state index contributed by atoms with van der Waals surface area (Å²) >= 11 is 0. The van der Waals surface area contributed by atoms with Gasteiger partial charge in [-0.2, -0.15) is 0 Å². The first-order valence-corrected chi connectivity index (χ1v) is 8.90. The standard InChI is InChI=1S/C20H21N7/c1-13(2)26-19-10-17(24-12-25-19)16-9-18(27-20-15(16)6-8-22-20)23-11-14-5-3-4-7-21-14/h3-10,12-13H,11H2,1-2H3,(H2,22,23,27)(H,24,25,26). The molecular formula is C20H21N7. The van der Waals surface area contributed by atoms with Gasteiger partial charge in [-0.25, -0.2) is 15.0 Å². The van der Waals surface area contributed by atoms with Crippen molar-refractivity contribution in [1.82, 2.24) is 24.9 Å². The lowest BCUT2D eigenvalue weighted by atomic mass is 10.1. The normalized spacial score (nSPS) is 11.1. The van der Waals surface area contributed by atoms with E-state index in [2.05, 4.69) is 49.4 Å². The number of hydrogen-bond acceptors (Lipinski definition) is 6. The fourth-order valence-electron chi connectivity index (χ4n) is 2.90. The van der Waals surface area contributed by atoms with Crippen LogP contribution < -0.4 is 10.6 Å². The zero-order valence-electron chi connectivity index (χ0n) is 15.3. The molecule has 0 aliphatic heterocycles. The van der Waals surface area contributed by atoms with Crippen LogP contribution in [-0.4, -0.2) is 31.0 Å². The molecule has 7 heteroatoms. The van der Waals surface area contributed by atoms with Gasteiger partial charge in [0.15, 0.2) is 0 Å².